The molecule has 3 aromatic heterocycles. The SMILES string of the molecule is Cc1ccn2c(CSc3nc(C)cc(C4=C[CH]4)n3)cnc2c1. The zero-order chi connectivity index (χ0) is 15.1. The molecule has 1 aliphatic carbocycles. The van der Waals surface area contributed by atoms with Gasteiger partial charge < -0.3 is 4.40 Å². The molecule has 0 fully saturated rings. The first kappa shape index (κ1) is 13.5. The predicted molar refractivity (Wildman–Crippen MR) is 88.5 cm³/mol. The number of thioether (sulfide) groups is 1. The third kappa shape index (κ3) is 2.64. The monoisotopic (exact) mass is 307 g/mol. The molecule has 0 bridgehead atoms. The van der Waals surface area contributed by atoms with E-state index in [-0.39, 0.29) is 0 Å². The molecule has 22 heavy (non-hydrogen) atoms. The molecule has 0 spiro atoms. The van der Waals surface area contributed by atoms with Gasteiger partial charge in [0.05, 0.1) is 17.6 Å². The van der Waals surface area contributed by atoms with Crippen LogP contribution in [0.15, 0.2) is 41.8 Å². The number of fused-ring (bicyclic) bond motifs is 1. The van der Waals surface area contributed by atoms with E-state index in [1.807, 2.05) is 19.2 Å². The summed E-state index contributed by atoms with van der Waals surface area (Å²) in [6.07, 6.45) is 8.14. The minimum atomic E-state index is 0.801. The van der Waals surface area contributed by atoms with Gasteiger partial charge in [0.1, 0.15) is 5.65 Å². The van der Waals surface area contributed by atoms with E-state index in [0.29, 0.717) is 0 Å². The van der Waals surface area contributed by atoms with Crippen LogP contribution in [0.1, 0.15) is 22.6 Å². The molecule has 3 aromatic rings. The fraction of sp³-hybridized carbons (Fsp3) is 0.176. The maximum atomic E-state index is 4.61. The van der Waals surface area contributed by atoms with Gasteiger partial charge in [0, 0.05) is 24.1 Å². The smallest absolute Gasteiger partial charge is 0.188 e. The van der Waals surface area contributed by atoms with Gasteiger partial charge in [0.25, 0.3) is 0 Å². The van der Waals surface area contributed by atoms with E-state index in [4.69, 9.17) is 0 Å². The van der Waals surface area contributed by atoms with E-state index in [1.54, 1.807) is 11.8 Å². The van der Waals surface area contributed by atoms with Gasteiger partial charge in [-0.1, -0.05) is 17.8 Å². The summed E-state index contributed by atoms with van der Waals surface area (Å²) in [6.45, 7) is 4.09. The lowest BCUT2D eigenvalue weighted by molar-refractivity contribution is 0.920. The Labute approximate surface area is 133 Å². The lowest BCUT2D eigenvalue weighted by Crippen LogP contribution is -1.96. The van der Waals surface area contributed by atoms with Gasteiger partial charge in [0.15, 0.2) is 5.16 Å². The first-order valence-corrected chi connectivity index (χ1v) is 8.14. The molecule has 0 atom stereocenters. The van der Waals surface area contributed by atoms with Crippen LogP contribution >= 0.6 is 11.8 Å². The Kier molecular flexibility index (Phi) is 3.22. The van der Waals surface area contributed by atoms with Crippen molar-refractivity contribution < 1.29 is 0 Å². The van der Waals surface area contributed by atoms with Crippen molar-refractivity contribution in [1.82, 2.24) is 19.4 Å². The Balaban J connectivity index is 1.57. The van der Waals surface area contributed by atoms with Crippen molar-refractivity contribution in [3.8, 4) is 0 Å². The minimum absolute atomic E-state index is 0.801. The number of allylic oxidation sites excluding steroid dienone is 2. The van der Waals surface area contributed by atoms with E-state index >= 15 is 0 Å². The van der Waals surface area contributed by atoms with Crippen LogP contribution in [0.3, 0.4) is 0 Å². The standard InChI is InChI=1S/C17H15N4S/c1-11-5-6-21-14(9-18-16(21)7-11)10-22-17-19-12(2)8-15(20-17)13-3-4-13/h3-9H,10H2,1-2H3. The van der Waals surface area contributed by atoms with Gasteiger partial charge >= 0.3 is 0 Å². The van der Waals surface area contributed by atoms with Gasteiger partial charge in [0.2, 0.25) is 0 Å². The van der Waals surface area contributed by atoms with Gasteiger partial charge in [-0.25, -0.2) is 15.0 Å². The average Bonchev–Trinajstić information content (AvgIpc) is 3.26. The van der Waals surface area contributed by atoms with E-state index in [1.165, 1.54) is 11.1 Å². The van der Waals surface area contributed by atoms with Gasteiger partial charge in [-0.15, -0.1) is 0 Å². The van der Waals surface area contributed by atoms with Gasteiger partial charge in [-0.3, -0.25) is 0 Å². The molecule has 0 unspecified atom stereocenters. The third-order valence-electron chi connectivity index (χ3n) is 3.56. The Bertz CT molecular complexity index is 895. The molecule has 0 N–H and O–H groups in total. The largest absolute Gasteiger partial charge is 0.303 e. The van der Waals surface area contributed by atoms with Crippen molar-refractivity contribution in [2.24, 2.45) is 0 Å². The Morgan fingerprint density at radius 3 is 2.86 bits per heavy atom. The molecule has 0 saturated carbocycles. The molecule has 109 valence electrons. The highest BCUT2D eigenvalue weighted by atomic mass is 32.2. The van der Waals surface area contributed by atoms with Crippen LogP contribution in [0.2, 0.25) is 0 Å². The summed E-state index contributed by atoms with van der Waals surface area (Å²) in [4.78, 5) is 13.6. The second-order valence-corrected chi connectivity index (χ2v) is 6.38. The molecule has 1 aliphatic rings. The molecule has 0 amide bonds. The number of hydrogen-bond acceptors (Lipinski definition) is 4. The number of imidazole rings is 1. The van der Waals surface area contributed by atoms with Crippen molar-refractivity contribution >= 4 is 23.0 Å². The molecule has 0 saturated heterocycles. The van der Waals surface area contributed by atoms with Gasteiger partial charge in [-0.05, 0) is 43.2 Å². The first-order chi connectivity index (χ1) is 10.7. The quantitative estimate of drug-likeness (QED) is 0.545. The van der Waals surface area contributed by atoms with Crippen molar-refractivity contribution in [3.63, 3.8) is 0 Å². The lowest BCUT2D eigenvalue weighted by Gasteiger charge is -2.04. The fourth-order valence-electron chi connectivity index (χ4n) is 2.35. The van der Waals surface area contributed by atoms with E-state index in [2.05, 4.69) is 57.1 Å². The molecule has 3 heterocycles. The molecular weight excluding hydrogens is 292 g/mol. The van der Waals surface area contributed by atoms with Crippen LogP contribution in [0.25, 0.3) is 11.2 Å². The van der Waals surface area contributed by atoms with Crippen molar-refractivity contribution in [2.75, 3.05) is 0 Å². The summed E-state index contributed by atoms with van der Waals surface area (Å²) < 4.78 is 2.12. The predicted octanol–water partition coefficient (Wildman–Crippen LogP) is 3.63. The van der Waals surface area contributed by atoms with Gasteiger partial charge in [-0.2, -0.15) is 0 Å². The molecule has 5 heteroatoms. The number of nitrogens with zero attached hydrogens (tertiary/aromatic N) is 4. The summed E-state index contributed by atoms with van der Waals surface area (Å²) in [5.41, 5.74) is 6.59. The van der Waals surface area contributed by atoms with E-state index in [9.17, 15) is 0 Å². The summed E-state index contributed by atoms with van der Waals surface area (Å²) in [5, 5.41) is 0.818. The number of pyridine rings is 1. The second-order valence-electron chi connectivity index (χ2n) is 5.44. The van der Waals surface area contributed by atoms with E-state index in [0.717, 1.165) is 33.6 Å². The van der Waals surface area contributed by atoms with Crippen LogP contribution in [-0.4, -0.2) is 19.4 Å². The van der Waals surface area contributed by atoms with E-state index < -0.39 is 0 Å². The van der Waals surface area contributed by atoms with Crippen LogP contribution in [-0.2, 0) is 5.75 Å². The summed E-state index contributed by atoms with van der Waals surface area (Å²) in [6, 6.07) is 6.21. The second kappa shape index (κ2) is 5.25. The lowest BCUT2D eigenvalue weighted by atomic mass is 10.3. The maximum Gasteiger partial charge on any atom is 0.188 e. The molecule has 4 rings (SSSR count). The number of aryl methyl sites for hydroxylation is 2. The summed E-state index contributed by atoms with van der Waals surface area (Å²) in [5.74, 6) is 0.801. The molecule has 0 aromatic carbocycles. The number of aromatic nitrogens is 4. The Hall–Kier alpha value is -2.14. The third-order valence-corrected chi connectivity index (χ3v) is 4.44. The molecule has 0 aliphatic heterocycles. The summed E-state index contributed by atoms with van der Waals surface area (Å²) in [7, 11) is 0. The Morgan fingerprint density at radius 2 is 2.05 bits per heavy atom. The number of hydrogen-bond donors (Lipinski definition) is 0. The van der Waals surface area contributed by atoms with Crippen LogP contribution in [0.5, 0.6) is 0 Å². The number of rotatable bonds is 4. The first-order valence-electron chi connectivity index (χ1n) is 7.15. The Morgan fingerprint density at radius 1 is 1.18 bits per heavy atom. The van der Waals surface area contributed by atoms with Crippen LogP contribution in [0, 0.1) is 20.3 Å². The fourth-order valence-corrected chi connectivity index (χ4v) is 3.21. The highest BCUT2D eigenvalue weighted by Crippen LogP contribution is 2.30. The van der Waals surface area contributed by atoms with Crippen LogP contribution in [0.4, 0.5) is 0 Å². The van der Waals surface area contributed by atoms with Crippen LogP contribution < -0.4 is 0 Å². The summed E-state index contributed by atoms with van der Waals surface area (Å²) >= 11 is 1.65. The minimum Gasteiger partial charge on any atom is -0.303 e. The highest BCUT2D eigenvalue weighted by molar-refractivity contribution is 7.98. The topological polar surface area (TPSA) is 43.1 Å². The average molecular weight is 307 g/mol. The van der Waals surface area contributed by atoms with Crippen molar-refractivity contribution in [3.05, 3.63) is 65.7 Å². The molecule has 1 radical (unpaired) electrons. The normalized spacial score (nSPS) is 13.5. The zero-order valence-electron chi connectivity index (χ0n) is 12.4. The molecule has 4 nitrogen and oxygen atoms in total. The zero-order valence-corrected chi connectivity index (χ0v) is 13.3. The van der Waals surface area contributed by atoms with Crippen molar-refractivity contribution in [1.29, 1.82) is 0 Å². The highest BCUT2D eigenvalue weighted by Gasteiger charge is 2.14. The molecular formula is C17H15N4S. The maximum absolute atomic E-state index is 4.61. The van der Waals surface area contributed by atoms with Crippen molar-refractivity contribution in [2.45, 2.75) is 24.8 Å².